The molecule has 0 bridgehead atoms. The fraction of sp³-hybridized carbons (Fsp3) is 0.286. The van der Waals surface area contributed by atoms with Crippen LogP contribution < -0.4 is 11.2 Å². The van der Waals surface area contributed by atoms with Gasteiger partial charge in [-0.2, -0.15) is 0 Å². The van der Waals surface area contributed by atoms with Crippen LogP contribution in [-0.4, -0.2) is 23.7 Å². The minimum absolute atomic E-state index is 0.343. The minimum atomic E-state index is -0.380. The van der Waals surface area contributed by atoms with Crippen LogP contribution >= 0.6 is 0 Å². The van der Waals surface area contributed by atoms with Gasteiger partial charge in [0.1, 0.15) is 5.82 Å². The maximum atomic E-state index is 12.4. The smallest absolute Gasteiger partial charge is 0.316 e. The van der Waals surface area contributed by atoms with Crippen LogP contribution in [0.2, 0.25) is 0 Å². The van der Waals surface area contributed by atoms with Crippen molar-refractivity contribution in [2.75, 3.05) is 0 Å². The van der Waals surface area contributed by atoms with Gasteiger partial charge in [0, 0.05) is 20.3 Å². The van der Waals surface area contributed by atoms with Gasteiger partial charge in [-0.15, -0.1) is 0 Å². The van der Waals surface area contributed by atoms with Crippen LogP contribution in [0.15, 0.2) is 34.0 Å². The van der Waals surface area contributed by atoms with Crippen molar-refractivity contribution < 1.29 is 0 Å². The first-order valence-electron chi connectivity index (χ1n) is 6.53. The summed E-state index contributed by atoms with van der Waals surface area (Å²) in [6, 6.07) is 5.62. The van der Waals surface area contributed by atoms with Crippen LogP contribution in [-0.2, 0) is 20.6 Å². The van der Waals surface area contributed by atoms with E-state index in [1.54, 1.807) is 17.8 Å². The van der Waals surface area contributed by atoms with Gasteiger partial charge in [0.2, 0.25) is 0 Å². The zero-order valence-corrected chi connectivity index (χ0v) is 12.1. The molecule has 0 aliphatic heterocycles. The third kappa shape index (κ3) is 1.97. The molecule has 21 heavy (non-hydrogen) atoms. The molecule has 0 N–H and O–H groups in total. The first-order chi connectivity index (χ1) is 10.0. The molecule has 0 radical (unpaired) electrons. The van der Waals surface area contributed by atoms with E-state index < -0.39 is 0 Å². The van der Waals surface area contributed by atoms with E-state index in [1.165, 1.54) is 11.6 Å². The van der Waals surface area contributed by atoms with Gasteiger partial charge in [-0.1, -0.05) is 6.07 Å². The van der Waals surface area contributed by atoms with E-state index in [-0.39, 0.29) is 11.2 Å². The Morgan fingerprint density at radius 1 is 1.14 bits per heavy atom. The number of nitrogens with zero attached hydrogens (tertiary/aromatic N) is 5. The molecule has 0 saturated carbocycles. The second kappa shape index (κ2) is 4.69. The highest BCUT2D eigenvalue weighted by molar-refractivity contribution is 5.71. The van der Waals surface area contributed by atoms with Crippen molar-refractivity contribution in [2.45, 2.75) is 13.5 Å². The van der Waals surface area contributed by atoms with Crippen molar-refractivity contribution in [1.29, 1.82) is 0 Å². The van der Waals surface area contributed by atoms with Crippen molar-refractivity contribution in [3.8, 4) is 0 Å². The lowest BCUT2D eigenvalue weighted by Crippen LogP contribution is -2.37. The molecular weight excluding hydrogens is 270 g/mol. The van der Waals surface area contributed by atoms with E-state index in [4.69, 9.17) is 0 Å². The average Bonchev–Trinajstić information content (AvgIpc) is 2.81. The maximum absolute atomic E-state index is 12.4. The summed E-state index contributed by atoms with van der Waals surface area (Å²) in [7, 11) is 3.08. The largest absolute Gasteiger partial charge is 0.332 e. The number of fused-ring (bicyclic) bond motifs is 1. The monoisotopic (exact) mass is 285 g/mol. The zero-order chi connectivity index (χ0) is 15.1. The topological polar surface area (TPSA) is 74.7 Å². The Kier molecular flexibility index (Phi) is 2.97. The Morgan fingerprint density at radius 3 is 2.57 bits per heavy atom. The summed E-state index contributed by atoms with van der Waals surface area (Å²) in [6.07, 6.45) is 1.71. The third-order valence-electron chi connectivity index (χ3n) is 3.59. The van der Waals surface area contributed by atoms with E-state index in [2.05, 4.69) is 9.97 Å². The second-order valence-electron chi connectivity index (χ2n) is 4.94. The van der Waals surface area contributed by atoms with Gasteiger partial charge in [0.25, 0.3) is 5.56 Å². The van der Waals surface area contributed by atoms with Gasteiger partial charge in [0.05, 0.1) is 12.2 Å². The minimum Gasteiger partial charge on any atom is -0.316 e. The summed E-state index contributed by atoms with van der Waals surface area (Å²) in [5.41, 5.74) is 0.926. The molecule has 0 amide bonds. The lowest BCUT2D eigenvalue weighted by Gasteiger charge is -2.07. The standard InChI is InChI=1S/C14H15N5O2/c1-9-16-12-11(13(20)18(3)14(21)17(12)2)19(9)8-10-6-4-5-7-15-10/h4-7H,8H2,1-3H3. The molecule has 7 nitrogen and oxygen atoms in total. The third-order valence-corrected chi connectivity index (χ3v) is 3.59. The van der Waals surface area contributed by atoms with Crippen molar-refractivity contribution >= 4 is 11.2 Å². The number of hydrogen-bond donors (Lipinski definition) is 0. The first-order valence-corrected chi connectivity index (χ1v) is 6.53. The quantitative estimate of drug-likeness (QED) is 0.673. The molecule has 0 spiro atoms. The maximum Gasteiger partial charge on any atom is 0.332 e. The molecule has 3 heterocycles. The molecule has 3 rings (SSSR count). The van der Waals surface area contributed by atoms with Gasteiger partial charge < -0.3 is 4.57 Å². The molecule has 3 aromatic rings. The van der Waals surface area contributed by atoms with E-state index >= 15 is 0 Å². The van der Waals surface area contributed by atoms with Crippen LogP contribution in [0.1, 0.15) is 11.5 Å². The Hall–Kier alpha value is -2.70. The van der Waals surface area contributed by atoms with Gasteiger partial charge in [-0.3, -0.25) is 18.9 Å². The molecule has 7 heteroatoms. The average molecular weight is 285 g/mol. The number of hydrogen-bond acceptors (Lipinski definition) is 4. The molecule has 0 aromatic carbocycles. The molecule has 0 saturated heterocycles. The van der Waals surface area contributed by atoms with Crippen LogP contribution in [0.25, 0.3) is 11.2 Å². The summed E-state index contributed by atoms with van der Waals surface area (Å²) in [5, 5.41) is 0. The molecule has 3 aromatic heterocycles. The van der Waals surface area contributed by atoms with Crippen LogP contribution in [0.3, 0.4) is 0 Å². The molecular formula is C14H15N5O2. The SMILES string of the molecule is Cc1nc2c(c(=O)n(C)c(=O)n2C)n1Cc1ccccn1. The predicted octanol–water partition coefficient (Wildman–Crippen LogP) is 0.185. The van der Waals surface area contributed by atoms with Crippen molar-refractivity contribution in [1.82, 2.24) is 23.7 Å². The number of imidazole rings is 1. The van der Waals surface area contributed by atoms with Crippen LogP contribution in [0.5, 0.6) is 0 Å². The summed E-state index contributed by atoms with van der Waals surface area (Å²) < 4.78 is 4.27. The van der Waals surface area contributed by atoms with E-state index in [1.807, 2.05) is 25.1 Å². The molecule has 0 fully saturated rings. The van der Waals surface area contributed by atoms with Gasteiger partial charge >= 0.3 is 5.69 Å². The second-order valence-corrected chi connectivity index (χ2v) is 4.94. The lowest BCUT2D eigenvalue weighted by atomic mass is 10.3. The van der Waals surface area contributed by atoms with Crippen molar-refractivity contribution in [3.05, 3.63) is 56.8 Å². The Bertz CT molecular complexity index is 934. The number of aromatic nitrogens is 5. The molecule has 0 aliphatic carbocycles. The highest BCUT2D eigenvalue weighted by Crippen LogP contribution is 2.12. The first kappa shape index (κ1) is 13.3. The molecule has 0 aliphatic rings. The predicted molar refractivity (Wildman–Crippen MR) is 78.3 cm³/mol. The zero-order valence-electron chi connectivity index (χ0n) is 12.1. The van der Waals surface area contributed by atoms with Gasteiger partial charge in [-0.25, -0.2) is 9.78 Å². The van der Waals surface area contributed by atoms with E-state index in [0.717, 1.165) is 10.3 Å². The highest BCUT2D eigenvalue weighted by atomic mass is 16.2. The fourth-order valence-electron chi connectivity index (χ4n) is 2.40. The fourth-order valence-corrected chi connectivity index (χ4v) is 2.40. The molecule has 0 atom stereocenters. The number of aryl methyl sites for hydroxylation is 2. The normalized spacial score (nSPS) is 11.2. The number of rotatable bonds is 2. The van der Waals surface area contributed by atoms with Gasteiger partial charge in [-0.05, 0) is 19.1 Å². The lowest BCUT2D eigenvalue weighted by molar-refractivity contribution is 0.699. The van der Waals surface area contributed by atoms with Crippen LogP contribution in [0, 0.1) is 6.92 Å². The van der Waals surface area contributed by atoms with E-state index in [9.17, 15) is 9.59 Å². The Labute approximate surface area is 120 Å². The molecule has 108 valence electrons. The van der Waals surface area contributed by atoms with Gasteiger partial charge in [0.15, 0.2) is 11.2 Å². The molecule has 0 unspecified atom stereocenters. The van der Waals surface area contributed by atoms with Crippen molar-refractivity contribution in [2.24, 2.45) is 14.1 Å². The van der Waals surface area contributed by atoms with Crippen LogP contribution in [0.4, 0.5) is 0 Å². The van der Waals surface area contributed by atoms with E-state index in [0.29, 0.717) is 23.5 Å². The summed E-state index contributed by atoms with van der Waals surface area (Å²) in [4.78, 5) is 33.0. The highest BCUT2D eigenvalue weighted by Gasteiger charge is 2.17. The summed E-state index contributed by atoms with van der Waals surface area (Å²) >= 11 is 0. The Morgan fingerprint density at radius 2 is 1.90 bits per heavy atom. The number of pyridine rings is 1. The summed E-state index contributed by atoms with van der Waals surface area (Å²) in [6.45, 7) is 2.25. The summed E-state index contributed by atoms with van der Waals surface area (Å²) in [5.74, 6) is 0.675. The van der Waals surface area contributed by atoms with Crippen molar-refractivity contribution in [3.63, 3.8) is 0 Å². The Balaban J connectivity index is 2.32.